The average Bonchev–Trinajstić information content (AvgIpc) is 2.94. The number of hydrogen-bond donors (Lipinski definition) is 1. The van der Waals surface area contributed by atoms with Crippen LogP contribution in [0.15, 0.2) is 29.6 Å². The van der Waals surface area contributed by atoms with Crippen molar-refractivity contribution in [2.45, 2.75) is 45.7 Å². The number of nitrogens with one attached hydrogen (secondary N) is 1. The molecule has 0 radical (unpaired) electrons. The molecule has 21 heavy (non-hydrogen) atoms. The Morgan fingerprint density at radius 1 is 1.10 bits per heavy atom. The van der Waals surface area contributed by atoms with Gasteiger partial charge in [0.15, 0.2) is 0 Å². The van der Waals surface area contributed by atoms with E-state index in [2.05, 4.69) is 50.5 Å². The number of ether oxygens (including phenoxy) is 1. The zero-order valence-electron chi connectivity index (χ0n) is 13.4. The molecule has 1 unspecified atom stereocenters. The molecule has 2 aromatic rings. The van der Waals surface area contributed by atoms with Crippen molar-refractivity contribution in [1.82, 2.24) is 10.3 Å². The Morgan fingerprint density at radius 3 is 2.24 bits per heavy atom. The molecule has 0 saturated carbocycles. The zero-order valence-corrected chi connectivity index (χ0v) is 14.2. The van der Waals surface area contributed by atoms with E-state index in [-0.39, 0.29) is 6.04 Å². The summed E-state index contributed by atoms with van der Waals surface area (Å²) in [5.41, 5.74) is 2.38. The molecule has 1 aromatic heterocycles. The van der Waals surface area contributed by atoms with Gasteiger partial charge in [-0.2, -0.15) is 0 Å². The molecule has 1 aromatic carbocycles. The van der Waals surface area contributed by atoms with Crippen LogP contribution in [0.25, 0.3) is 0 Å². The molecule has 4 heteroatoms. The highest BCUT2D eigenvalue weighted by Crippen LogP contribution is 2.29. The van der Waals surface area contributed by atoms with E-state index >= 15 is 0 Å². The van der Waals surface area contributed by atoms with Crippen molar-refractivity contribution in [2.24, 2.45) is 0 Å². The molecule has 1 N–H and O–H groups in total. The number of aromatic nitrogens is 1. The summed E-state index contributed by atoms with van der Waals surface area (Å²) in [5, 5.41) is 6.90. The lowest BCUT2D eigenvalue weighted by Gasteiger charge is -2.20. The number of methoxy groups -OCH3 is 1. The summed E-state index contributed by atoms with van der Waals surface area (Å²) < 4.78 is 5.24. The molecular weight excluding hydrogens is 280 g/mol. The molecule has 0 bridgehead atoms. The molecule has 0 saturated heterocycles. The van der Waals surface area contributed by atoms with Gasteiger partial charge < -0.3 is 10.1 Å². The Kier molecular flexibility index (Phi) is 5.37. The van der Waals surface area contributed by atoms with Crippen LogP contribution >= 0.6 is 11.3 Å². The van der Waals surface area contributed by atoms with Gasteiger partial charge in [0.2, 0.25) is 0 Å². The molecule has 114 valence electrons. The van der Waals surface area contributed by atoms with E-state index in [9.17, 15) is 0 Å². The number of nitrogens with zero attached hydrogens (tertiary/aromatic N) is 1. The summed E-state index contributed by atoms with van der Waals surface area (Å²) in [6, 6.07) is 8.74. The summed E-state index contributed by atoms with van der Waals surface area (Å²) in [7, 11) is 1.69. The van der Waals surface area contributed by atoms with Crippen LogP contribution in [0.3, 0.4) is 0 Å². The Bertz CT molecular complexity index is 560. The fraction of sp³-hybridized carbons (Fsp3) is 0.471. The number of rotatable bonds is 6. The third-order valence-corrected chi connectivity index (χ3v) is 4.26. The fourth-order valence-electron chi connectivity index (χ4n) is 2.14. The van der Waals surface area contributed by atoms with E-state index in [0.29, 0.717) is 12.0 Å². The maximum atomic E-state index is 5.24. The van der Waals surface area contributed by atoms with Gasteiger partial charge >= 0.3 is 0 Å². The van der Waals surface area contributed by atoms with Gasteiger partial charge in [0.1, 0.15) is 10.8 Å². The highest BCUT2D eigenvalue weighted by atomic mass is 32.1. The Labute approximate surface area is 131 Å². The molecular formula is C17H24N2OS. The molecule has 0 amide bonds. The van der Waals surface area contributed by atoms with E-state index < -0.39 is 0 Å². The van der Waals surface area contributed by atoms with Crippen molar-refractivity contribution >= 4 is 11.3 Å². The minimum Gasteiger partial charge on any atom is -0.497 e. The third kappa shape index (κ3) is 4.05. The summed E-state index contributed by atoms with van der Waals surface area (Å²) >= 11 is 1.73. The van der Waals surface area contributed by atoms with Crippen LogP contribution in [0.5, 0.6) is 5.75 Å². The average molecular weight is 304 g/mol. The highest BCUT2D eigenvalue weighted by molar-refractivity contribution is 7.09. The summed E-state index contributed by atoms with van der Waals surface area (Å²) in [5.74, 6) is 1.34. The monoisotopic (exact) mass is 304 g/mol. The van der Waals surface area contributed by atoms with E-state index in [1.165, 1.54) is 11.3 Å². The van der Waals surface area contributed by atoms with Gasteiger partial charge in [0.25, 0.3) is 0 Å². The largest absolute Gasteiger partial charge is 0.497 e. The van der Waals surface area contributed by atoms with Crippen LogP contribution in [0.4, 0.5) is 0 Å². The standard InChI is InChI=1S/C17H24N2OS/c1-11(2)15-10-21-17(19-15)16(18-12(3)4)13-6-8-14(20-5)9-7-13/h6-12,16,18H,1-5H3. The van der Waals surface area contributed by atoms with Crippen molar-refractivity contribution < 1.29 is 4.74 Å². The van der Waals surface area contributed by atoms with Gasteiger partial charge in [-0.1, -0.05) is 26.0 Å². The van der Waals surface area contributed by atoms with Gasteiger partial charge in [-0.25, -0.2) is 4.98 Å². The maximum Gasteiger partial charge on any atom is 0.118 e. The molecule has 0 spiro atoms. The van der Waals surface area contributed by atoms with Crippen molar-refractivity contribution in [3.05, 3.63) is 45.9 Å². The van der Waals surface area contributed by atoms with Crippen molar-refractivity contribution in [3.8, 4) is 5.75 Å². The Balaban J connectivity index is 2.31. The van der Waals surface area contributed by atoms with Crippen LogP contribution in [0, 0.1) is 0 Å². The first-order valence-corrected chi connectivity index (χ1v) is 8.24. The molecule has 1 heterocycles. The summed E-state index contributed by atoms with van der Waals surface area (Å²) in [6.45, 7) is 8.68. The quantitative estimate of drug-likeness (QED) is 0.861. The smallest absolute Gasteiger partial charge is 0.118 e. The summed E-state index contributed by atoms with van der Waals surface area (Å²) in [4.78, 5) is 4.81. The number of benzene rings is 1. The second-order valence-corrected chi connectivity index (χ2v) is 6.68. The predicted molar refractivity (Wildman–Crippen MR) is 89.3 cm³/mol. The van der Waals surface area contributed by atoms with Crippen LogP contribution in [0.2, 0.25) is 0 Å². The van der Waals surface area contributed by atoms with Crippen molar-refractivity contribution in [3.63, 3.8) is 0 Å². The minimum absolute atomic E-state index is 0.133. The van der Waals surface area contributed by atoms with Crippen LogP contribution in [0.1, 0.15) is 55.9 Å². The summed E-state index contributed by atoms with van der Waals surface area (Å²) in [6.07, 6.45) is 0. The van der Waals surface area contributed by atoms with Gasteiger partial charge in [0, 0.05) is 11.4 Å². The number of hydrogen-bond acceptors (Lipinski definition) is 4. The fourth-order valence-corrected chi connectivity index (χ4v) is 3.20. The van der Waals surface area contributed by atoms with Gasteiger partial charge in [0.05, 0.1) is 18.8 Å². The third-order valence-electron chi connectivity index (χ3n) is 3.33. The highest BCUT2D eigenvalue weighted by Gasteiger charge is 2.19. The maximum absolute atomic E-state index is 5.24. The first kappa shape index (κ1) is 16.0. The lowest BCUT2D eigenvalue weighted by Crippen LogP contribution is -2.28. The molecule has 0 aliphatic heterocycles. The lowest BCUT2D eigenvalue weighted by molar-refractivity contribution is 0.414. The minimum atomic E-state index is 0.133. The van der Waals surface area contributed by atoms with Gasteiger partial charge in [-0.3, -0.25) is 0 Å². The predicted octanol–water partition coefficient (Wildman–Crippen LogP) is 4.36. The first-order chi connectivity index (χ1) is 10.0. The van der Waals surface area contributed by atoms with Gasteiger partial charge in [-0.05, 0) is 37.5 Å². The normalized spacial score (nSPS) is 12.9. The topological polar surface area (TPSA) is 34.1 Å². The molecule has 1 atom stereocenters. The van der Waals surface area contributed by atoms with Crippen LogP contribution in [-0.2, 0) is 0 Å². The van der Waals surface area contributed by atoms with E-state index in [1.54, 1.807) is 18.4 Å². The first-order valence-electron chi connectivity index (χ1n) is 7.36. The molecule has 0 aliphatic carbocycles. The SMILES string of the molecule is COc1ccc(C(NC(C)C)c2nc(C(C)C)cs2)cc1. The lowest BCUT2D eigenvalue weighted by atomic mass is 10.1. The van der Waals surface area contributed by atoms with E-state index in [4.69, 9.17) is 9.72 Å². The second-order valence-electron chi connectivity index (χ2n) is 5.79. The van der Waals surface area contributed by atoms with Crippen molar-refractivity contribution in [1.29, 1.82) is 0 Å². The van der Waals surface area contributed by atoms with E-state index in [1.807, 2.05) is 12.1 Å². The Morgan fingerprint density at radius 2 is 1.76 bits per heavy atom. The molecule has 3 nitrogen and oxygen atoms in total. The number of thiazole rings is 1. The van der Waals surface area contributed by atoms with E-state index in [0.717, 1.165) is 10.8 Å². The molecule has 0 fully saturated rings. The van der Waals surface area contributed by atoms with Crippen LogP contribution < -0.4 is 10.1 Å². The van der Waals surface area contributed by atoms with Crippen molar-refractivity contribution in [2.75, 3.05) is 7.11 Å². The van der Waals surface area contributed by atoms with Crippen LogP contribution in [-0.4, -0.2) is 18.1 Å². The zero-order chi connectivity index (χ0) is 15.4. The Hall–Kier alpha value is -1.39. The second kappa shape index (κ2) is 7.05. The van der Waals surface area contributed by atoms with Gasteiger partial charge in [-0.15, -0.1) is 11.3 Å². The molecule has 2 rings (SSSR count). The molecule has 0 aliphatic rings.